The van der Waals surface area contributed by atoms with Crippen LogP contribution in [-0.4, -0.2) is 42.8 Å². The number of carbonyl (C=O) groups excluding carboxylic acids is 3. The van der Waals surface area contributed by atoms with E-state index in [-0.39, 0.29) is 13.2 Å². The molecule has 0 spiro atoms. The molecule has 0 aromatic heterocycles. The smallest absolute Gasteiger partial charge is 0.347 e. The van der Waals surface area contributed by atoms with Crippen LogP contribution in [0.2, 0.25) is 0 Å². The van der Waals surface area contributed by atoms with E-state index < -0.39 is 36.2 Å². The van der Waals surface area contributed by atoms with Crippen molar-refractivity contribution in [3.63, 3.8) is 0 Å². The first-order chi connectivity index (χ1) is 11.7. The predicted molar refractivity (Wildman–Crippen MR) is 88.5 cm³/mol. The van der Waals surface area contributed by atoms with Gasteiger partial charge in [-0.1, -0.05) is 30.3 Å². The van der Waals surface area contributed by atoms with Crippen LogP contribution in [-0.2, 0) is 39.9 Å². The minimum atomic E-state index is -1.14. The topological polar surface area (TPSA) is 88.1 Å². The third-order valence-electron chi connectivity index (χ3n) is 2.72. The van der Waals surface area contributed by atoms with E-state index in [4.69, 9.17) is 18.9 Å². The Balaban J connectivity index is 2.25. The molecular formula is C18H24O7. The van der Waals surface area contributed by atoms with E-state index in [0.29, 0.717) is 0 Å². The summed E-state index contributed by atoms with van der Waals surface area (Å²) >= 11 is 0. The van der Waals surface area contributed by atoms with Crippen LogP contribution in [0.15, 0.2) is 30.3 Å². The van der Waals surface area contributed by atoms with Gasteiger partial charge in [-0.05, 0) is 33.3 Å². The van der Waals surface area contributed by atoms with Crippen molar-refractivity contribution in [2.75, 3.05) is 13.2 Å². The van der Waals surface area contributed by atoms with Gasteiger partial charge in [0.1, 0.15) is 12.2 Å². The molecule has 1 unspecified atom stereocenters. The second kappa shape index (κ2) is 9.78. The third-order valence-corrected chi connectivity index (χ3v) is 2.72. The molecule has 138 valence electrons. The van der Waals surface area contributed by atoms with E-state index in [0.717, 1.165) is 5.56 Å². The lowest BCUT2D eigenvalue weighted by Gasteiger charge is -2.19. The summed E-state index contributed by atoms with van der Waals surface area (Å²) in [5, 5.41) is 0. The number of ether oxygens (including phenoxy) is 4. The minimum Gasteiger partial charge on any atom is -0.457 e. The summed E-state index contributed by atoms with van der Waals surface area (Å²) in [4.78, 5) is 34.8. The lowest BCUT2D eigenvalue weighted by molar-refractivity contribution is -0.175. The van der Waals surface area contributed by atoms with Crippen LogP contribution in [0.1, 0.15) is 33.3 Å². The number of esters is 3. The molecule has 0 bridgehead atoms. The summed E-state index contributed by atoms with van der Waals surface area (Å²) in [7, 11) is 0. The molecule has 0 aliphatic carbocycles. The van der Waals surface area contributed by atoms with Crippen molar-refractivity contribution in [1.82, 2.24) is 0 Å². The number of benzene rings is 1. The van der Waals surface area contributed by atoms with E-state index in [1.807, 2.05) is 30.3 Å². The van der Waals surface area contributed by atoms with Gasteiger partial charge in [0.25, 0.3) is 0 Å². The van der Waals surface area contributed by atoms with Crippen molar-refractivity contribution in [3.8, 4) is 0 Å². The first-order valence-electron chi connectivity index (χ1n) is 7.87. The summed E-state index contributed by atoms with van der Waals surface area (Å²) in [6, 6.07) is 9.33. The SMILES string of the molecule is CC(OC(=O)COCc1ccccc1)C(=O)OCC(=O)OC(C)(C)C. The molecule has 7 heteroatoms. The zero-order valence-electron chi connectivity index (χ0n) is 14.9. The minimum absolute atomic E-state index is 0.257. The second-order valence-corrected chi connectivity index (χ2v) is 6.30. The average molecular weight is 352 g/mol. The predicted octanol–water partition coefficient (Wildman–Crippen LogP) is 2.02. The van der Waals surface area contributed by atoms with Crippen molar-refractivity contribution < 1.29 is 33.3 Å². The highest BCUT2D eigenvalue weighted by Crippen LogP contribution is 2.07. The molecule has 1 atom stereocenters. The van der Waals surface area contributed by atoms with E-state index in [2.05, 4.69) is 0 Å². The first-order valence-corrected chi connectivity index (χ1v) is 7.87. The monoisotopic (exact) mass is 352 g/mol. The van der Waals surface area contributed by atoms with Gasteiger partial charge in [0.05, 0.1) is 6.61 Å². The van der Waals surface area contributed by atoms with Crippen molar-refractivity contribution in [3.05, 3.63) is 35.9 Å². The molecule has 0 saturated heterocycles. The standard InChI is InChI=1S/C18H24O7/c1-13(17(21)23-12-16(20)25-18(2,3)4)24-15(19)11-22-10-14-8-6-5-7-9-14/h5-9,13H,10-12H2,1-4H3. The Hall–Kier alpha value is -2.41. The van der Waals surface area contributed by atoms with Crippen molar-refractivity contribution in [1.29, 1.82) is 0 Å². The van der Waals surface area contributed by atoms with Crippen molar-refractivity contribution in [2.24, 2.45) is 0 Å². The number of rotatable bonds is 8. The van der Waals surface area contributed by atoms with Gasteiger partial charge >= 0.3 is 17.9 Å². The molecule has 0 radical (unpaired) electrons. The Bertz CT molecular complexity index is 575. The molecular weight excluding hydrogens is 328 g/mol. The van der Waals surface area contributed by atoms with Crippen molar-refractivity contribution in [2.45, 2.75) is 46.0 Å². The number of carbonyl (C=O) groups is 3. The maximum absolute atomic E-state index is 11.7. The van der Waals surface area contributed by atoms with Crippen LogP contribution in [0, 0.1) is 0 Å². The Labute approximate surface area is 147 Å². The van der Waals surface area contributed by atoms with E-state index in [9.17, 15) is 14.4 Å². The van der Waals surface area contributed by atoms with Crippen LogP contribution < -0.4 is 0 Å². The van der Waals surface area contributed by atoms with Gasteiger partial charge in [0, 0.05) is 0 Å². The summed E-state index contributed by atoms with van der Waals surface area (Å²) in [6.45, 7) is 5.88. The lowest BCUT2D eigenvalue weighted by Crippen LogP contribution is -2.32. The molecule has 0 saturated carbocycles. The molecule has 0 heterocycles. The van der Waals surface area contributed by atoms with Crippen LogP contribution in [0.25, 0.3) is 0 Å². The fraction of sp³-hybridized carbons (Fsp3) is 0.500. The highest BCUT2D eigenvalue weighted by Gasteiger charge is 2.22. The molecule has 0 aliphatic heterocycles. The van der Waals surface area contributed by atoms with Crippen LogP contribution in [0.4, 0.5) is 0 Å². The molecule has 0 amide bonds. The van der Waals surface area contributed by atoms with Gasteiger partial charge in [0.15, 0.2) is 12.7 Å². The number of hydrogen-bond donors (Lipinski definition) is 0. The average Bonchev–Trinajstić information content (AvgIpc) is 2.52. The Morgan fingerprint density at radius 1 is 1.00 bits per heavy atom. The molecule has 1 rings (SSSR count). The molecule has 25 heavy (non-hydrogen) atoms. The van der Waals surface area contributed by atoms with Gasteiger partial charge in [-0.2, -0.15) is 0 Å². The van der Waals surface area contributed by atoms with E-state index in [1.165, 1.54) is 6.92 Å². The maximum Gasteiger partial charge on any atom is 0.347 e. The maximum atomic E-state index is 11.7. The fourth-order valence-corrected chi connectivity index (χ4v) is 1.72. The van der Waals surface area contributed by atoms with Crippen LogP contribution in [0.3, 0.4) is 0 Å². The van der Waals surface area contributed by atoms with E-state index in [1.54, 1.807) is 20.8 Å². The highest BCUT2D eigenvalue weighted by molar-refractivity contribution is 5.81. The third kappa shape index (κ3) is 9.46. The molecule has 1 aromatic rings. The van der Waals surface area contributed by atoms with Gasteiger partial charge in [0.2, 0.25) is 0 Å². The summed E-state index contributed by atoms with van der Waals surface area (Å²) in [6.07, 6.45) is -1.14. The molecule has 0 aliphatic rings. The molecule has 7 nitrogen and oxygen atoms in total. The summed E-state index contributed by atoms with van der Waals surface area (Å²) in [5.74, 6) is -2.20. The van der Waals surface area contributed by atoms with Crippen LogP contribution in [0.5, 0.6) is 0 Å². The van der Waals surface area contributed by atoms with Gasteiger partial charge < -0.3 is 18.9 Å². The Morgan fingerprint density at radius 3 is 2.24 bits per heavy atom. The zero-order chi connectivity index (χ0) is 18.9. The quantitative estimate of drug-likeness (QED) is 0.522. The second-order valence-electron chi connectivity index (χ2n) is 6.30. The van der Waals surface area contributed by atoms with Gasteiger partial charge in [-0.25, -0.2) is 14.4 Å². The highest BCUT2D eigenvalue weighted by atomic mass is 16.6. The largest absolute Gasteiger partial charge is 0.457 e. The Morgan fingerprint density at radius 2 is 1.64 bits per heavy atom. The summed E-state index contributed by atoms with van der Waals surface area (Å²) in [5.41, 5.74) is 0.248. The molecule has 1 aromatic carbocycles. The summed E-state index contributed by atoms with van der Waals surface area (Å²) < 4.78 is 19.9. The first kappa shape index (κ1) is 20.6. The van der Waals surface area contributed by atoms with Crippen LogP contribution >= 0.6 is 0 Å². The lowest BCUT2D eigenvalue weighted by atomic mass is 10.2. The fourth-order valence-electron chi connectivity index (χ4n) is 1.72. The zero-order valence-corrected chi connectivity index (χ0v) is 14.9. The molecule has 0 N–H and O–H groups in total. The number of hydrogen-bond acceptors (Lipinski definition) is 7. The van der Waals surface area contributed by atoms with Gasteiger partial charge in [-0.15, -0.1) is 0 Å². The normalized spacial score (nSPS) is 12.2. The molecule has 0 fully saturated rings. The van der Waals surface area contributed by atoms with Crippen molar-refractivity contribution >= 4 is 17.9 Å². The van der Waals surface area contributed by atoms with E-state index >= 15 is 0 Å². The Kier molecular flexibility index (Phi) is 8.07. The van der Waals surface area contributed by atoms with Gasteiger partial charge in [-0.3, -0.25) is 0 Å².